The maximum Gasteiger partial charge on any atom is 0.263 e. The lowest BCUT2D eigenvalue weighted by Crippen LogP contribution is -2.49. The number of hydrogen-bond acceptors (Lipinski definition) is 4. The third-order valence-electron chi connectivity index (χ3n) is 2.56. The number of fused-ring (bicyclic) bond motifs is 1. The Kier molecular flexibility index (Phi) is 2.49. The van der Waals surface area contributed by atoms with Gasteiger partial charge in [0, 0.05) is 6.04 Å². The first-order valence-electron chi connectivity index (χ1n) is 4.94. The van der Waals surface area contributed by atoms with Crippen LogP contribution in [-0.4, -0.2) is 34.1 Å². The standard InChI is InChI=1S/C11H12N2O3/c1-6(12)9(14)13-10(15)7-4-2-3-5-8(7)11(13)16/h2-6,9,14H,12H2,1H3/t6-,9?/m1/s1. The van der Waals surface area contributed by atoms with Crippen LogP contribution in [0.25, 0.3) is 0 Å². The summed E-state index contributed by atoms with van der Waals surface area (Å²) in [6, 6.07) is 5.78. The van der Waals surface area contributed by atoms with E-state index >= 15 is 0 Å². The molecule has 0 saturated carbocycles. The van der Waals surface area contributed by atoms with Crippen LogP contribution in [0.1, 0.15) is 27.6 Å². The Morgan fingerprint density at radius 2 is 1.62 bits per heavy atom. The molecule has 5 nitrogen and oxygen atoms in total. The molecule has 1 aromatic carbocycles. The fourth-order valence-electron chi connectivity index (χ4n) is 1.68. The molecule has 2 amide bonds. The number of aliphatic hydroxyl groups excluding tert-OH is 1. The van der Waals surface area contributed by atoms with Gasteiger partial charge >= 0.3 is 0 Å². The van der Waals surface area contributed by atoms with Crippen molar-refractivity contribution in [2.24, 2.45) is 5.73 Å². The van der Waals surface area contributed by atoms with Crippen LogP contribution >= 0.6 is 0 Å². The van der Waals surface area contributed by atoms with E-state index in [4.69, 9.17) is 5.73 Å². The summed E-state index contributed by atoms with van der Waals surface area (Å²) < 4.78 is 0. The minimum absolute atomic E-state index is 0.312. The van der Waals surface area contributed by atoms with E-state index in [1.165, 1.54) is 6.92 Å². The number of carbonyl (C=O) groups excluding carboxylic acids is 2. The van der Waals surface area contributed by atoms with Crippen LogP contribution in [0.5, 0.6) is 0 Å². The first-order chi connectivity index (χ1) is 7.54. The van der Waals surface area contributed by atoms with E-state index in [2.05, 4.69) is 0 Å². The van der Waals surface area contributed by atoms with E-state index in [0.717, 1.165) is 4.90 Å². The van der Waals surface area contributed by atoms with Gasteiger partial charge in [0.05, 0.1) is 11.1 Å². The molecule has 0 saturated heterocycles. The predicted octanol–water partition coefficient (Wildman–Crippen LogP) is -0.0518. The predicted molar refractivity (Wildman–Crippen MR) is 56.6 cm³/mol. The van der Waals surface area contributed by atoms with Crippen molar-refractivity contribution < 1.29 is 14.7 Å². The zero-order valence-electron chi connectivity index (χ0n) is 8.75. The topological polar surface area (TPSA) is 83.6 Å². The minimum atomic E-state index is -1.28. The SMILES string of the molecule is C[C@@H](N)C(O)N1C(=O)c2ccccc2C1=O. The van der Waals surface area contributed by atoms with Gasteiger partial charge in [-0.2, -0.15) is 0 Å². The lowest BCUT2D eigenvalue weighted by molar-refractivity contribution is 0.00544. The highest BCUT2D eigenvalue weighted by molar-refractivity contribution is 6.21. The summed E-state index contributed by atoms with van der Waals surface area (Å²) in [7, 11) is 0. The molecule has 16 heavy (non-hydrogen) atoms. The maximum absolute atomic E-state index is 11.8. The van der Waals surface area contributed by atoms with Crippen LogP contribution in [0.2, 0.25) is 0 Å². The van der Waals surface area contributed by atoms with Crippen LogP contribution in [0.4, 0.5) is 0 Å². The molecule has 0 radical (unpaired) electrons. The number of carbonyl (C=O) groups is 2. The summed E-state index contributed by atoms with van der Waals surface area (Å²) in [5.41, 5.74) is 6.10. The van der Waals surface area contributed by atoms with E-state index in [-0.39, 0.29) is 0 Å². The summed E-state index contributed by atoms with van der Waals surface area (Å²) in [5, 5.41) is 9.70. The molecular weight excluding hydrogens is 208 g/mol. The smallest absolute Gasteiger partial charge is 0.263 e. The molecule has 1 unspecified atom stereocenters. The van der Waals surface area contributed by atoms with Gasteiger partial charge < -0.3 is 10.8 Å². The highest BCUT2D eigenvalue weighted by atomic mass is 16.3. The van der Waals surface area contributed by atoms with Crippen molar-refractivity contribution in [3.63, 3.8) is 0 Å². The van der Waals surface area contributed by atoms with Crippen LogP contribution < -0.4 is 5.73 Å². The van der Waals surface area contributed by atoms with Crippen molar-refractivity contribution in [3.05, 3.63) is 35.4 Å². The van der Waals surface area contributed by atoms with E-state index in [0.29, 0.717) is 11.1 Å². The second-order valence-corrected chi connectivity index (χ2v) is 3.80. The first kappa shape index (κ1) is 10.8. The average molecular weight is 220 g/mol. The summed E-state index contributed by atoms with van der Waals surface area (Å²) >= 11 is 0. The van der Waals surface area contributed by atoms with Crippen LogP contribution in [0.3, 0.4) is 0 Å². The van der Waals surface area contributed by atoms with E-state index < -0.39 is 24.1 Å². The Balaban J connectivity index is 2.43. The number of nitrogens with zero attached hydrogens (tertiary/aromatic N) is 1. The number of amides is 2. The zero-order valence-corrected chi connectivity index (χ0v) is 8.75. The monoisotopic (exact) mass is 220 g/mol. The second-order valence-electron chi connectivity index (χ2n) is 3.80. The van der Waals surface area contributed by atoms with Crippen molar-refractivity contribution in [2.75, 3.05) is 0 Å². The molecule has 0 aromatic heterocycles. The van der Waals surface area contributed by atoms with Crippen molar-refractivity contribution in [1.82, 2.24) is 4.90 Å². The van der Waals surface area contributed by atoms with Gasteiger partial charge in [0.1, 0.15) is 0 Å². The van der Waals surface area contributed by atoms with Crippen LogP contribution in [-0.2, 0) is 0 Å². The van der Waals surface area contributed by atoms with Gasteiger partial charge in [0.15, 0.2) is 6.23 Å². The lowest BCUT2D eigenvalue weighted by Gasteiger charge is -2.23. The summed E-state index contributed by atoms with van der Waals surface area (Å²) in [6.45, 7) is 1.54. The molecule has 3 N–H and O–H groups in total. The quantitative estimate of drug-likeness (QED) is 0.684. The van der Waals surface area contributed by atoms with Crippen molar-refractivity contribution in [2.45, 2.75) is 19.2 Å². The number of nitrogens with two attached hydrogens (primary N) is 1. The molecule has 0 spiro atoms. The molecule has 1 aromatic rings. The van der Waals surface area contributed by atoms with Gasteiger partial charge in [-0.05, 0) is 19.1 Å². The first-order valence-corrected chi connectivity index (χ1v) is 4.94. The third-order valence-corrected chi connectivity index (χ3v) is 2.56. The molecule has 5 heteroatoms. The Morgan fingerprint density at radius 3 is 2.00 bits per heavy atom. The highest BCUT2D eigenvalue weighted by Crippen LogP contribution is 2.24. The van der Waals surface area contributed by atoms with Gasteiger partial charge in [-0.1, -0.05) is 12.1 Å². The van der Waals surface area contributed by atoms with Gasteiger partial charge in [-0.3, -0.25) is 9.59 Å². The van der Waals surface area contributed by atoms with Gasteiger partial charge in [0.2, 0.25) is 0 Å². The van der Waals surface area contributed by atoms with Crippen molar-refractivity contribution in [3.8, 4) is 0 Å². The molecule has 0 aliphatic carbocycles. The lowest BCUT2D eigenvalue weighted by atomic mass is 10.1. The minimum Gasteiger partial charge on any atom is -0.371 e. The van der Waals surface area contributed by atoms with E-state index in [1.807, 2.05) is 0 Å². The van der Waals surface area contributed by atoms with Crippen molar-refractivity contribution >= 4 is 11.8 Å². The molecule has 0 bridgehead atoms. The Bertz CT molecular complexity index is 421. The largest absolute Gasteiger partial charge is 0.371 e. The number of rotatable bonds is 2. The van der Waals surface area contributed by atoms with Gasteiger partial charge in [-0.25, -0.2) is 4.90 Å². The summed E-state index contributed by atoms with van der Waals surface area (Å²) in [4.78, 5) is 24.5. The number of aliphatic hydroxyl groups is 1. The molecule has 1 aliphatic rings. The van der Waals surface area contributed by atoms with Crippen LogP contribution in [0.15, 0.2) is 24.3 Å². The molecule has 0 fully saturated rings. The van der Waals surface area contributed by atoms with Gasteiger partial charge in [0.25, 0.3) is 11.8 Å². The zero-order chi connectivity index (χ0) is 11.9. The Labute approximate surface area is 92.5 Å². The molecule has 84 valence electrons. The second kappa shape index (κ2) is 3.70. The molecule has 2 atom stereocenters. The Morgan fingerprint density at radius 1 is 1.19 bits per heavy atom. The number of benzene rings is 1. The summed E-state index contributed by atoms with van der Waals surface area (Å²) in [6.07, 6.45) is -1.28. The van der Waals surface area contributed by atoms with Gasteiger partial charge in [-0.15, -0.1) is 0 Å². The average Bonchev–Trinajstić information content (AvgIpc) is 2.52. The normalized spacial score (nSPS) is 18.6. The number of imide groups is 1. The van der Waals surface area contributed by atoms with E-state index in [1.54, 1.807) is 24.3 Å². The molecule has 1 heterocycles. The summed E-state index contributed by atoms with van der Waals surface area (Å²) in [5.74, 6) is -0.990. The Hall–Kier alpha value is -1.72. The number of hydrogen-bond donors (Lipinski definition) is 2. The van der Waals surface area contributed by atoms with Crippen molar-refractivity contribution in [1.29, 1.82) is 0 Å². The van der Waals surface area contributed by atoms with E-state index in [9.17, 15) is 14.7 Å². The fourth-order valence-corrected chi connectivity index (χ4v) is 1.68. The van der Waals surface area contributed by atoms with Crippen LogP contribution in [0, 0.1) is 0 Å². The molecular formula is C11H12N2O3. The fraction of sp³-hybridized carbons (Fsp3) is 0.273. The molecule has 2 rings (SSSR count). The maximum atomic E-state index is 11.8. The molecule has 1 aliphatic heterocycles. The highest BCUT2D eigenvalue weighted by Gasteiger charge is 2.40. The third kappa shape index (κ3) is 1.41.